The van der Waals surface area contributed by atoms with Crippen molar-refractivity contribution in [3.05, 3.63) is 23.9 Å². The van der Waals surface area contributed by atoms with E-state index in [4.69, 9.17) is 0 Å². The average molecular weight is 151 g/mol. The number of pyridine rings is 1. The van der Waals surface area contributed by atoms with E-state index in [1.54, 1.807) is 25.4 Å². The number of rotatable bonds is 3. The lowest BCUT2D eigenvalue weighted by Gasteiger charge is -2.03. The van der Waals surface area contributed by atoms with Crippen LogP contribution in [0.15, 0.2) is 18.3 Å². The third-order valence-electron chi connectivity index (χ3n) is 1.21. The summed E-state index contributed by atoms with van der Waals surface area (Å²) in [6.45, 7) is 0. The van der Waals surface area contributed by atoms with Crippen molar-refractivity contribution in [3.8, 4) is 0 Å². The summed E-state index contributed by atoms with van der Waals surface area (Å²) >= 11 is 0. The second kappa shape index (κ2) is 3.68. The SMILES string of the molecule is CNNc1ncccc1C=O. The molecule has 1 aromatic heterocycles. The molecule has 11 heavy (non-hydrogen) atoms. The predicted octanol–water partition coefficient (Wildman–Crippen LogP) is 0.440. The fraction of sp³-hybridized carbons (Fsp3) is 0.143. The molecule has 4 nitrogen and oxygen atoms in total. The molecule has 1 rings (SSSR count). The van der Waals surface area contributed by atoms with Crippen molar-refractivity contribution < 1.29 is 4.79 Å². The first-order chi connectivity index (χ1) is 5.38. The normalized spacial score (nSPS) is 9.18. The minimum atomic E-state index is 0.543. The topological polar surface area (TPSA) is 54.0 Å². The van der Waals surface area contributed by atoms with Crippen molar-refractivity contribution in [2.45, 2.75) is 0 Å². The van der Waals surface area contributed by atoms with Crippen LogP contribution < -0.4 is 10.9 Å². The molecule has 2 N–H and O–H groups in total. The van der Waals surface area contributed by atoms with Crippen LogP contribution in [-0.4, -0.2) is 18.3 Å². The number of carbonyl (C=O) groups excluding carboxylic acids is 1. The largest absolute Gasteiger partial charge is 0.305 e. The van der Waals surface area contributed by atoms with Crippen molar-refractivity contribution in [2.75, 3.05) is 12.5 Å². The van der Waals surface area contributed by atoms with Crippen molar-refractivity contribution in [3.63, 3.8) is 0 Å². The molecule has 0 aliphatic rings. The van der Waals surface area contributed by atoms with E-state index < -0.39 is 0 Å². The fourth-order valence-corrected chi connectivity index (χ4v) is 0.736. The van der Waals surface area contributed by atoms with Gasteiger partial charge < -0.3 is 5.43 Å². The molecule has 0 amide bonds. The molecular formula is C7H9N3O. The van der Waals surface area contributed by atoms with Gasteiger partial charge in [-0.25, -0.2) is 10.4 Å². The Morgan fingerprint density at radius 2 is 2.45 bits per heavy atom. The summed E-state index contributed by atoms with van der Waals surface area (Å²) in [5.41, 5.74) is 5.97. The monoisotopic (exact) mass is 151 g/mol. The molecule has 0 unspecified atom stereocenters. The lowest BCUT2D eigenvalue weighted by atomic mass is 10.3. The Hall–Kier alpha value is -1.42. The lowest BCUT2D eigenvalue weighted by molar-refractivity contribution is 0.112. The lowest BCUT2D eigenvalue weighted by Crippen LogP contribution is -2.17. The van der Waals surface area contributed by atoms with Gasteiger partial charge >= 0.3 is 0 Å². The van der Waals surface area contributed by atoms with Crippen LogP contribution in [-0.2, 0) is 0 Å². The van der Waals surface area contributed by atoms with Crippen LogP contribution in [0.25, 0.3) is 0 Å². The van der Waals surface area contributed by atoms with Crippen LogP contribution in [0.5, 0.6) is 0 Å². The molecule has 0 saturated carbocycles. The molecule has 58 valence electrons. The molecule has 1 heterocycles. The Bertz CT molecular complexity index is 249. The number of hydrazine groups is 1. The van der Waals surface area contributed by atoms with Gasteiger partial charge in [0.15, 0.2) is 12.1 Å². The fourth-order valence-electron chi connectivity index (χ4n) is 0.736. The first kappa shape index (κ1) is 7.68. The number of anilines is 1. The van der Waals surface area contributed by atoms with Gasteiger partial charge in [0, 0.05) is 13.2 Å². The Kier molecular flexibility index (Phi) is 2.57. The molecule has 0 saturated heterocycles. The Labute approximate surface area is 64.6 Å². The first-order valence-electron chi connectivity index (χ1n) is 3.21. The molecule has 0 fully saturated rings. The van der Waals surface area contributed by atoms with Gasteiger partial charge in [-0.3, -0.25) is 4.79 Å². The number of nitrogens with zero attached hydrogens (tertiary/aromatic N) is 1. The molecule has 0 spiro atoms. The Morgan fingerprint density at radius 1 is 1.64 bits per heavy atom. The van der Waals surface area contributed by atoms with Gasteiger partial charge in [-0.1, -0.05) is 0 Å². The number of hydrogen-bond donors (Lipinski definition) is 2. The van der Waals surface area contributed by atoms with Crippen LogP contribution in [0.4, 0.5) is 5.82 Å². The predicted molar refractivity (Wildman–Crippen MR) is 42.3 cm³/mol. The highest BCUT2D eigenvalue weighted by molar-refractivity contribution is 5.81. The zero-order chi connectivity index (χ0) is 8.10. The summed E-state index contributed by atoms with van der Waals surface area (Å²) in [4.78, 5) is 14.3. The van der Waals surface area contributed by atoms with E-state index in [1.807, 2.05) is 0 Å². The molecule has 0 aliphatic heterocycles. The molecular weight excluding hydrogens is 142 g/mol. The van der Waals surface area contributed by atoms with Gasteiger partial charge in [-0.05, 0) is 12.1 Å². The highest BCUT2D eigenvalue weighted by Crippen LogP contribution is 2.05. The molecule has 0 radical (unpaired) electrons. The maximum Gasteiger partial charge on any atom is 0.153 e. The molecule has 4 heteroatoms. The van der Waals surface area contributed by atoms with E-state index in [9.17, 15) is 4.79 Å². The van der Waals surface area contributed by atoms with Crippen molar-refractivity contribution in [1.82, 2.24) is 10.4 Å². The summed E-state index contributed by atoms with van der Waals surface area (Å²) < 4.78 is 0. The van der Waals surface area contributed by atoms with E-state index in [0.29, 0.717) is 11.4 Å². The first-order valence-corrected chi connectivity index (χ1v) is 3.21. The van der Waals surface area contributed by atoms with E-state index >= 15 is 0 Å². The number of aromatic nitrogens is 1. The van der Waals surface area contributed by atoms with Gasteiger partial charge in [0.25, 0.3) is 0 Å². The van der Waals surface area contributed by atoms with Gasteiger partial charge in [-0.2, -0.15) is 0 Å². The van der Waals surface area contributed by atoms with E-state index in [0.717, 1.165) is 6.29 Å². The minimum Gasteiger partial charge on any atom is -0.305 e. The van der Waals surface area contributed by atoms with Crippen LogP contribution in [0, 0.1) is 0 Å². The van der Waals surface area contributed by atoms with Gasteiger partial charge in [0.2, 0.25) is 0 Å². The summed E-state index contributed by atoms with van der Waals surface area (Å²) in [6.07, 6.45) is 2.37. The maximum absolute atomic E-state index is 10.4. The third-order valence-corrected chi connectivity index (χ3v) is 1.21. The van der Waals surface area contributed by atoms with Gasteiger partial charge in [0.05, 0.1) is 5.56 Å². The summed E-state index contributed by atoms with van der Waals surface area (Å²) in [7, 11) is 1.71. The van der Waals surface area contributed by atoms with Crippen molar-refractivity contribution in [2.24, 2.45) is 0 Å². The smallest absolute Gasteiger partial charge is 0.153 e. The van der Waals surface area contributed by atoms with Crippen LogP contribution in [0.3, 0.4) is 0 Å². The quantitative estimate of drug-likeness (QED) is 0.486. The van der Waals surface area contributed by atoms with E-state index in [-0.39, 0.29) is 0 Å². The maximum atomic E-state index is 10.4. The average Bonchev–Trinajstić information content (AvgIpc) is 2.06. The van der Waals surface area contributed by atoms with Crippen LogP contribution >= 0.6 is 0 Å². The Balaban J connectivity index is 2.92. The number of hydrogen-bond acceptors (Lipinski definition) is 4. The molecule has 1 aromatic rings. The minimum absolute atomic E-state index is 0.543. The number of carbonyl (C=O) groups is 1. The van der Waals surface area contributed by atoms with Crippen molar-refractivity contribution >= 4 is 12.1 Å². The zero-order valence-corrected chi connectivity index (χ0v) is 6.16. The van der Waals surface area contributed by atoms with Gasteiger partial charge in [0.1, 0.15) is 0 Å². The van der Waals surface area contributed by atoms with Crippen LogP contribution in [0.1, 0.15) is 10.4 Å². The van der Waals surface area contributed by atoms with Crippen LogP contribution in [0.2, 0.25) is 0 Å². The summed E-state index contributed by atoms with van der Waals surface area (Å²) in [5, 5.41) is 0. The molecule has 0 atom stereocenters. The highest BCUT2D eigenvalue weighted by Gasteiger charge is 1.97. The zero-order valence-electron chi connectivity index (χ0n) is 6.16. The molecule has 0 bridgehead atoms. The highest BCUT2D eigenvalue weighted by atomic mass is 16.1. The van der Waals surface area contributed by atoms with Crippen molar-refractivity contribution in [1.29, 1.82) is 0 Å². The van der Waals surface area contributed by atoms with E-state index in [1.165, 1.54) is 0 Å². The second-order valence-corrected chi connectivity index (χ2v) is 1.93. The van der Waals surface area contributed by atoms with E-state index in [2.05, 4.69) is 15.8 Å². The third kappa shape index (κ3) is 1.75. The Morgan fingerprint density at radius 3 is 3.09 bits per heavy atom. The molecule has 0 aliphatic carbocycles. The van der Waals surface area contributed by atoms with Gasteiger partial charge in [-0.15, -0.1) is 0 Å². The second-order valence-electron chi connectivity index (χ2n) is 1.93. The number of nitrogens with one attached hydrogen (secondary N) is 2. The standard InChI is InChI=1S/C7H9N3O/c1-8-10-7-6(5-11)3-2-4-9-7/h2-5,8H,1H3,(H,9,10). The molecule has 0 aromatic carbocycles. The summed E-state index contributed by atoms with van der Waals surface area (Å²) in [6, 6.07) is 3.41. The number of aldehydes is 1. The summed E-state index contributed by atoms with van der Waals surface area (Å²) in [5.74, 6) is 0.546.